The molecule has 0 saturated carbocycles. The van der Waals surface area contributed by atoms with Gasteiger partial charge < -0.3 is 78.2 Å². The molecule has 91 heavy (non-hydrogen) atoms. The number of nitrogen functional groups attached to an aromatic ring is 1. The number of cyclic esters (lactones) is 2. The van der Waals surface area contributed by atoms with Crippen molar-refractivity contribution in [1.82, 2.24) is 0 Å². The summed E-state index contributed by atoms with van der Waals surface area (Å²) < 4.78 is 102. The Hall–Kier alpha value is -6.82. The quantitative estimate of drug-likeness (QED) is 0.0237. The number of aliphatic hydroxyl groups excluding tert-OH is 1. The molecule has 7 fully saturated rings. The average molecular weight is 1300 g/mol. The van der Waals surface area contributed by atoms with Gasteiger partial charge in [-0.15, -0.1) is 0 Å². The summed E-state index contributed by atoms with van der Waals surface area (Å²) in [5, 5.41) is 17.3. The third-order valence-corrected chi connectivity index (χ3v) is 14.1. The number of esters is 2. The van der Waals surface area contributed by atoms with Crippen LogP contribution in [-0.4, -0.2) is 205 Å². The molecule has 1 unspecified atom stereocenters. The monoisotopic (exact) mass is 1290 g/mol. The zero-order chi connectivity index (χ0) is 64.1. The molecule has 7 aliphatic heterocycles. The number of epoxide rings is 1. The second-order valence-corrected chi connectivity index (χ2v) is 20.5. The van der Waals surface area contributed by atoms with Crippen LogP contribution in [0.15, 0.2) is 77.8 Å². The number of morpholine rings is 4. The Labute approximate surface area is 550 Å². The maximum atomic E-state index is 14.5. The Morgan fingerprint density at radius 2 is 0.934 bits per heavy atom. The second kappa shape index (κ2) is 40.9. The number of rotatable bonds is 16. The van der Waals surface area contributed by atoms with Crippen molar-refractivity contribution in [2.24, 2.45) is 4.99 Å². The normalized spacial score (nSPS) is 18.9. The molecular weight excluding hydrogens is 1210 g/mol. The van der Waals surface area contributed by atoms with Crippen molar-refractivity contribution in [2.75, 3.05) is 187 Å². The fourth-order valence-electron chi connectivity index (χ4n) is 9.45. The summed E-state index contributed by atoms with van der Waals surface area (Å²) in [5.41, 5.74) is 9.21. The standard InChI is InChI=1S/C18H23FN2O5.C14H17FN2O4.C11H11FN2O2.C10H13FN2O.C7H12O3.CH3O.CH4.Na/c1-2-3-17(22)25-12-14-11-21(18(23)26-14)13-4-5-16(15(19)10-13)20-6-8-24-9-7-20;15-12-7-10(17-8-11(9-18)21-14(17)19)1-2-13(12)16-3-5-20-6-4-16;12-10-7-9(13-8-15)1-2-11(10)14-3-5-16-6-4-14;11-9-7-8(12)1-2-10(9)13-3-5-14-6-4-13;1-2-3-7(8)10-5-6-4-9-6;1-2;;/h4-5,10,14H,2-3,6-9,11-12H2,1H3;1-2,7,11,18H,3-6,8-9H2;1-2,7H,3-6H2;1-2,7H,3-6,12H2;6H,2-5H2,1H3;1H3;1H4;/q;;;;;-1;;+1/t14-;11-;;;;;;/m11....../s1. The van der Waals surface area contributed by atoms with Gasteiger partial charge in [0, 0.05) is 77.0 Å². The van der Waals surface area contributed by atoms with Gasteiger partial charge >= 0.3 is 53.7 Å². The van der Waals surface area contributed by atoms with Gasteiger partial charge in [-0.2, -0.15) is 12.1 Å². The summed E-state index contributed by atoms with van der Waals surface area (Å²) >= 11 is 0. The Morgan fingerprint density at radius 1 is 0.582 bits per heavy atom. The van der Waals surface area contributed by atoms with Gasteiger partial charge in [0.15, 0.2) is 6.10 Å². The molecule has 4 aromatic carbocycles. The Balaban J connectivity index is 0.000000247. The Bertz CT molecular complexity index is 2930. The first kappa shape index (κ1) is 76.6. The molecule has 3 N–H and O–H groups in total. The van der Waals surface area contributed by atoms with Crippen molar-refractivity contribution in [2.45, 2.75) is 65.3 Å². The van der Waals surface area contributed by atoms with Crippen LogP contribution >= 0.6 is 0 Å². The zero-order valence-corrected chi connectivity index (χ0v) is 53.3. The van der Waals surface area contributed by atoms with Crippen LogP contribution in [0.25, 0.3) is 0 Å². The molecule has 0 aliphatic carbocycles. The molecule has 7 saturated heterocycles. The molecule has 496 valence electrons. The topological polar surface area (TPSA) is 273 Å². The van der Waals surface area contributed by atoms with Crippen molar-refractivity contribution >= 4 is 75.7 Å². The van der Waals surface area contributed by atoms with Crippen LogP contribution in [-0.2, 0) is 57.0 Å². The number of ether oxygens (including phenoxy) is 9. The van der Waals surface area contributed by atoms with Gasteiger partial charge in [0.2, 0.25) is 6.08 Å². The number of benzene rings is 4. The van der Waals surface area contributed by atoms with Crippen LogP contribution in [0.4, 0.5) is 72.6 Å². The number of anilines is 7. The summed E-state index contributed by atoms with van der Waals surface area (Å²) in [5.74, 6) is -1.84. The number of halogens is 4. The number of aliphatic imine (C=N–C) groups is 1. The Kier molecular flexibility index (Phi) is 34.5. The van der Waals surface area contributed by atoms with Crippen LogP contribution in [0, 0.1) is 23.3 Å². The van der Waals surface area contributed by atoms with Crippen molar-refractivity contribution in [3.63, 3.8) is 0 Å². The van der Waals surface area contributed by atoms with E-state index in [0.717, 1.165) is 33.2 Å². The molecule has 2 amide bonds. The van der Waals surface area contributed by atoms with E-state index in [9.17, 15) is 41.5 Å². The molecule has 7 aliphatic rings. The minimum Gasteiger partial charge on any atom is -0.857 e. The molecule has 0 spiro atoms. The van der Waals surface area contributed by atoms with Crippen LogP contribution < -0.4 is 69.8 Å². The number of carbonyl (C=O) groups is 4. The summed E-state index contributed by atoms with van der Waals surface area (Å²) in [6.07, 6.45) is 1.74. The largest absolute Gasteiger partial charge is 1.00 e. The van der Waals surface area contributed by atoms with Crippen molar-refractivity contribution < 1.29 is 124 Å². The molecule has 24 nitrogen and oxygen atoms in total. The first-order valence-corrected chi connectivity index (χ1v) is 29.4. The maximum absolute atomic E-state index is 14.5. The van der Waals surface area contributed by atoms with Crippen molar-refractivity contribution in [3.05, 3.63) is 96.1 Å². The van der Waals surface area contributed by atoms with Gasteiger partial charge in [0.05, 0.1) is 119 Å². The SMILES string of the molecule is C.CCCC(=O)OCC1CO1.CCCC(=O)OC[C@H]1CN(c2ccc(N3CCOCC3)c(F)c2)C(=O)O1.C[O-].Nc1ccc(N2CCOCC2)c(F)c1.O=C1O[C@@H](CO)CN1c1ccc(N2CCOCC2)c(F)c1.O=C=Nc1ccc(N2CCOCC2)c(F)c1.[Na+]. The molecule has 29 heteroatoms. The third-order valence-electron chi connectivity index (χ3n) is 14.1. The van der Waals surface area contributed by atoms with Crippen LogP contribution in [0.1, 0.15) is 47.0 Å². The van der Waals surface area contributed by atoms with E-state index in [2.05, 4.69) is 4.99 Å². The predicted octanol–water partition coefficient (Wildman–Crippen LogP) is 3.53. The number of nitrogens with two attached hydrogens (primary N) is 1. The number of nitrogens with zero attached hydrogens (tertiary/aromatic N) is 7. The van der Waals surface area contributed by atoms with Crippen LogP contribution in [0.2, 0.25) is 0 Å². The van der Waals surface area contributed by atoms with Gasteiger partial charge in [-0.25, -0.2) is 31.9 Å². The molecule has 0 bridgehead atoms. The fourth-order valence-corrected chi connectivity index (χ4v) is 9.45. The number of hydrogen-bond donors (Lipinski definition) is 2. The number of amides is 2. The number of hydrogen-bond acceptors (Lipinski definition) is 22. The number of aliphatic hydroxyl groups is 1. The third kappa shape index (κ3) is 24.6. The van der Waals surface area contributed by atoms with Gasteiger partial charge in [0.25, 0.3) is 0 Å². The molecule has 0 aromatic heterocycles. The number of isocyanates is 1. The van der Waals surface area contributed by atoms with E-state index in [0.29, 0.717) is 158 Å². The van der Waals surface area contributed by atoms with E-state index >= 15 is 0 Å². The molecule has 0 radical (unpaired) electrons. The van der Waals surface area contributed by atoms with E-state index < -0.39 is 30.2 Å². The predicted molar refractivity (Wildman–Crippen MR) is 326 cm³/mol. The van der Waals surface area contributed by atoms with Crippen molar-refractivity contribution in [3.8, 4) is 0 Å². The summed E-state index contributed by atoms with van der Waals surface area (Å²) in [6.45, 7) is 15.4. The maximum Gasteiger partial charge on any atom is 1.00 e. The van der Waals surface area contributed by atoms with E-state index in [1.807, 2.05) is 33.4 Å². The molecule has 4 aromatic rings. The van der Waals surface area contributed by atoms with E-state index in [1.54, 1.807) is 48.5 Å². The van der Waals surface area contributed by atoms with Crippen LogP contribution in [0.5, 0.6) is 0 Å². The first-order valence-electron chi connectivity index (χ1n) is 29.4. The van der Waals surface area contributed by atoms with E-state index in [1.165, 1.54) is 40.1 Å². The van der Waals surface area contributed by atoms with Crippen molar-refractivity contribution in [1.29, 1.82) is 0 Å². The fraction of sp³-hybridized carbons (Fsp3) is 0.532. The van der Waals surface area contributed by atoms with Gasteiger partial charge in [0.1, 0.15) is 48.7 Å². The molecule has 7 heterocycles. The average Bonchev–Trinajstić information content (AvgIpc) is 1.88. The molecule has 11 rings (SSSR count). The van der Waals surface area contributed by atoms with E-state index in [-0.39, 0.29) is 104 Å². The van der Waals surface area contributed by atoms with Crippen LogP contribution in [0.3, 0.4) is 0 Å². The minimum atomic E-state index is -0.569. The van der Waals surface area contributed by atoms with Gasteiger partial charge in [-0.05, 0) is 79.6 Å². The van der Waals surface area contributed by atoms with Gasteiger partial charge in [-0.3, -0.25) is 19.4 Å². The summed E-state index contributed by atoms with van der Waals surface area (Å²) in [7, 11) is 0.750. The number of carbonyl (C=O) groups excluding carboxylic acids is 5. The smallest absolute Gasteiger partial charge is 0.857 e. The zero-order valence-electron chi connectivity index (χ0n) is 51.3. The minimum absolute atomic E-state index is 0. The second-order valence-electron chi connectivity index (χ2n) is 20.5. The Morgan fingerprint density at radius 3 is 1.27 bits per heavy atom. The summed E-state index contributed by atoms with van der Waals surface area (Å²) in [4.78, 5) is 69.7. The summed E-state index contributed by atoms with van der Waals surface area (Å²) in [6, 6.07) is 18.6. The first-order chi connectivity index (χ1) is 43.2. The van der Waals surface area contributed by atoms with E-state index in [4.69, 9.17) is 58.6 Å². The molecular formula is C62H83F4N8NaO16. The molecule has 3 atom stereocenters. The van der Waals surface area contributed by atoms with Gasteiger partial charge in [-0.1, -0.05) is 21.3 Å².